The van der Waals surface area contributed by atoms with Crippen LogP contribution in [0.4, 0.5) is 16.3 Å². The van der Waals surface area contributed by atoms with E-state index in [2.05, 4.69) is 36.7 Å². The molecule has 242 valence electrons. The predicted octanol–water partition coefficient (Wildman–Crippen LogP) is 7.03. The van der Waals surface area contributed by atoms with Gasteiger partial charge in [-0.2, -0.15) is 5.10 Å². The van der Waals surface area contributed by atoms with E-state index >= 15 is 0 Å². The van der Waals surface area contributed by atoms with Gasteiger partial charge < -0.3 is 20.1 Å². The Bertz CT molecular complexity index is 1650. The third-order valence-electron chi connectivity index (χ3n) is 8.59. The molecular formula is C37H45N5O4. The van der Waals surface area contributed by atoms with Crippen molar-refractivity contribution in [2.75, 3.05) is 37.9 Å². The number of benzene rings is 3. The van der Waals surface area contributed by atoms with Crippen molar-refractivity contribution in [1.29, 1.82) is 0 Å². The van der Waals surface area contributed by atoms with E-state index < -0.39 is 0 Å². The summed E-state index contributed by atoms with van der Waals surface area (Å²) in [5.41, 5.74) is 5.10. The van der Waals surface area contributed by atoms with Gasteiger partial charge in [-0.15, -0.1) is 0 Å². The van der Waals surface area contributed by atoms with Crippen molar-refractivity contribution in [3.63, 3.8) is 0 Å². The number of anilines is 2. The molecule has 0 saturated carbocycles. The average molecular weight is 624 g/mol. The molecule has 3 aromatic carbocycles. The molecule has 9 heteroatoms. The maximum Gasteiger partial charge on any atom is 0.324 e. The summed E-state index contributed by atoms with van der Waals surface area (Å²) in [5.74, 6) is 2.00. The lowest BCUT2D eigenvalue weighted by Crippen LogP contribution is -2.34. The molecule has 5 rings (SSSR count). The second kappa shape index (κ2) is 14.2. The highest BCUT2D eigenvalue weighted by Gasteiger charge is 2.31. The molecule has 0 radical (unpaired) electrons. The minimum absolute atomic E-state index is 0.146. The number of carbonyl (C=O) groups excluding carboxylic acids is 2. The summed E-state index contributed by atoms with van der Waals surface area (Å²) in [6, 6.07) is 22.8. The zero-order valence-electron chi connectivity index (χ0n) is 27.6. The molecule has 1 aliphatic heterocycles. The lowest BCUT2D eigenvalue weighted by Gasteiger charge is -2.30. The quantitative estimate of drug-likeness (QED) is 0.175. The second-order valence-corrected chi connectivity index (χ2v) is 13.0. The number of nitrogens with zero attached hydrogens (tertiary/aromatic N) is 2. The van der Waals surface area contributed by atoms with Crippen LogP contribution in [0.2, 0.25) is 0 Å². The summed E-state index contributed by atoms with van der Waals surface area (Å²) in [6.45, 7) is 10.1. The number of ether oxygens (including phenoxy) is 2. The first-order valence-corrected chi connectivity index (χ1v) is 15.9. The highest BCUT2D eigenvalue weighted by Crippen LogP contribution is 2.35. The van der Waals surface area contributed by atoms with Gasteiger partial charge in [0.15, 0.2) is 0 Å². The molecule has 3 N–H and O–H groups in total. The van der Waals surface area contributed by atoms with Gasteiger partial charge in [0.1, 0.15) is 23.1 Å². The molecule has 46 heavy (non-hydrogen) atoms. The van der Waals surface area contributed by atoms with Gasteiger partial charge >= 0.3 is 6.03 Å². The van der Waals surface area contributed by atoms with Crippen LogP contribution in [0.5, 0.6) is 11.5 Å². The number of ketones is 1. The summed E-state index contributed by atoms with van der Waals surface area (Å²) < 4.78 is 12.7. The first-order valence-electron chi connectivity index (χ1n) is 15.9. The van der Waals surface area contributed by atoms with Gasteiger partial charge in [-0.3, -0.25) is 10.1 Å². The van der Waals surface area contributed by atoms with Crippen molar-refractivity contribution in [2.45, 2.75) is 58.3 Å². The maximum absolute atomic E-state index is 13.9. The second-order valence-electron chi connectivity index (χ2n) is 13.0. The van der Waals surface area contributed by atoms with Crippen molar-refractivity contribution in [2.24, 2.45) is 5.92 Å². The monoisotopic (exact) mass is 623 g/mol. The van der Waals surface area contributed by atoms with Crippen LogP contribution in [0.25, 0.3) is 5.69 Å². The van der Waals surface area contributed by atoms with E-state index in [1.807, 2.05) is 79.7 Å². The third-order valence-corrected chi connectivity index (χ3v) is 8.59. The molecule has 2 amide bonds. The molecule has 0 bridgehead atoms. The van der Waals surface area contributed by atoms with Crippen LogP contribution >= 0.6 is 0 Å². The number of hydrogen-bond donors (Lipinski definition) is 3. The third kappa shape index (κ3) is 7.77. The van der Waals surface area contributed by atoms with Crippen molar-refractivity contribution >= 4 is 23.3 Å². The number of Topliss-reactive ketones (excluding diaryl/α,β-unsaturated/α-hetero) is 1. The lowest BCUT2D eigenvalue weighted by atomic mass is 9.76. The highest BCUT2D eigenvalue weighted by molar-refractivity contribution is 5.99. The molecular weight excluding hydrogens is 578 g/mol. The Balaban J connectivity index is 1.33. The predicted molar refractivity (Wildman–Crippen MR) is 183 cm³/mol. The zero-order chi connectivity index (χ0) is 32.8. The van der Waals surface area contributed by atoms with Gasteiger partial charge in [0, 0.05) is 41.1 Å². The molecule has 1 aromatic heterocycles. The minimum atomic E-state index is -0.376. The van der Waals surface area contributed by atoms with E-state index in [-0.39, 0.29) is 35.5 Å². The molecule has 1 fully saturated rings. The maximum atomic E-state index is 13.9. The van der Waals surface area contributed by atoms with Crippen molar-refractivity contribution < 1.29 is 19.1 Å². The number of methoxy groups -OCH3 is 2. The Kier molecular flexibility index (Phi) is 10.1. The number of nitrogens with one attached hydrogen (secondary N) is 3. The molecule has 1 atom stereocenters. The topological polar surface area (TPSA) is 107 Å². The summed E-state index contributed by atoms with van der Waals surface area (Å²) >= 11 is 0. The van der Waals surface area contributed by atoms with Gasteiger partial charge in [-0.1, -0.05) is 56.7 Å². The van der Waals surface area contributed by atoms with Crippen LogP contribution in [-0.4, -0.2) is 48.9 Å². The first kappa shape index (κ1) is 32.8. The Labute approximate surface area is 271 Å². The van der Waals surface area contributed by atoms with Gasteiger partial charge in [-0.05, 0) is 74.7 Å². The van der Waals surface area contributed by atoms with E-state index in [0.29, 0.717) is 23.0 Å². The van der Waals surface area contributed by atoms with Crippen molar-refractivity contribution in [3.8, 4) is 17.2 Å². The normalized spacial score (nSPS) is 14.4. The average Bonchev–Trinajstić information content (AvgIpc) is 3.47. The van der Waals surface area contributed by atoms with Crippen LogP contribution < -0.4 is 25.4 Å². The molecule has 1 saturated heterocycles. The summed E-state index contributed by atoms with van der Waals surface area (Å²) in [6.07, 6.45) is 2.10. The number of piperidine rings is 1. The standard InChI is InChI=1S/C37H45N5O4/c1-24-7-14-29(15-8-24)42-34(23-33(41-42)37(2,3)4)40-36(44)39-28-12-9-25(10-13-28)35(26-17-19-38-20-18-26)31(43)21-27-11-16-30(45-5)22-32(27)46-6/h7-16,22-23,26,35,38H,17-21H2,1-6H3,(H2,39,40,44). The Morgan fingerprint density at radius 3 is 2.26 bits per heavy atom. The van der Waals surface area contributed by atoms with Crippen LogP contribution in [0.1, 0.15) is 61.9 Å². The number of carbonyl (C=O) groups is 2. The van der Waals surface area contributed by atoms with Crippen LogP contribution in [0.3, 0.4) is 0 Å². The van der Waals surface area contributed by atoms with E-state index in [9.17, 15) is 9.59 Å². The van der Waals surface area contributed by atoms with Crippen LogP contribution in [-0.2, 0) is 16.6 Å². The number of aromatic nitrogens is 2. The summed E-state index contributed by atoms with van der Waals surface area (Å²) in [4.78, 5) is 27.2. The number of aryl methyl sites for hydroxylation is 1. The molecule has 2 heterocycles. The fourth-order valence-electron chi connectivity index (χ4n) is 5.97. The minimum Gasteiger partial charge on any atom is -0.497 e. The Hall–Kier alpha value is -4.63. The number of urea groups is 1. The summed E-state index contributed by atoms with van der Waals surface area (Å²) in [7, 11) is 3.22. The van der Waals surface area contributed by atoms with E-state index in [1.165, 1.54) is 0 Å². The molecule has 0 spiro atoms. The molecule has 4 aromatic rings. The van der Waals surface area contributed by atoms with Crippen LogP contribution in [0, 0.1) is 12.8 Å². The fourth-order valence-corrected chi connectivity index (χ4v) is 5.97. The largest absolute Gasteiger partial charge is 0.497 e. The van der Waals surface area contributed by atoms with Crippen LogP contribution in [0.15, 0.2) is 72.8 Å². The smallest absolute Gasteiger partial charge is 0.324 e. The van der Waals surface area contributed by atoms with Gasteiger partial charge in [-0.25, -0.2) is 9.48 Å². The lowest BCUT2D eigenvalue weighted by molar-refractivity contribution is -0.121. The van der Waals surface area contributed by atoms with Gasteiger partial charge in [0.05, 0.1) is 25.6 Å². The Morgan fingerprint density at radius 2 is 1.63 bits per heavy atom. The summed E-state index contributed by atoms with van der Waals surface area (Å²) in [5, 5.41) is 14.2. The number of hydrogen-bond acceptors (Lipinski definition) is 6. The van der Waals surface area contributed by atoms with Gasteiger partial charge in [0.2, 0.25) is 0 Å². The van der Waals surface area contributed by atoms with E-state index in [0.717, 1.165) is 54.0 Å². The molecule has 1 aliphatic rings. The molecule has 0 aliphatic carbocycles. The van der Waals surface area contributed by atoms with Crippen molar-refractivity contribution in [3.05, 3.63) is 95.2 Å². The first-order chi connectivity index (χ1) is 22.0. The molecule has 9 nitrogen and oxygen atoms in total. The fraction of sp³-hybridized carbons (Fsp3) is 0.378. The van der Waals surface area contributed by atoms with E-state index in [1.54, 1.807) is 18.9 Å². The number of rotatable bonds is 10. The zero-order valence-corrected chi connectivity index (χ0v) is 27.6. The molecule has 1 unspecified atom stereocenters. The van der Waals surface area contributed by atoms with Gasteiger partial charge in [0.25, 0.3) is 0 Å². The van der Waals surface area contributed by atoms with Crippen molar-refractivity contribution in [1.82, 2.24) is 15.1 Å². The Morgan fingerprint density at radius 1 is 0.935 bits per heavy atom. The highest BCUT2D eigenvalue weighted by atomic mass is 16.5. The SMILES string of the molecule is COc1ccc(CC(=O)C(c2ccc(NC(=O)Nc3cc(C(C)(C)C)nn3-c3ccc(C)cc3)cc2)C2CCNCC2)c(OC)c1. The number of amides is 2. The van der Waals surface area contributed by atoms with E-state index in [4.69, 9.17) is 14.6 Å².